The summed E-state index contributed by atoms with van der Waals surface area (Å²) in [6.07, 6.45) is 3.74. The van der Waals surface area contributed by atoms with Crippen LogP contribution in [0.2, 0.25) is 0 Å². The summed E-state index contributed by atoms with van der Waals surface area (Å²) in [7, 11) is -3.40. The molecular weight excluding hydrogens is 322 g/mol. The van der Waals surface area contributed by atoms with E-state index in [1.54, 1.807) is 9.47 Å². The largest absolute Gasteiger partial charge is 0.364 e. The number of rotatable bonds is 3. The normalized spacial score (nSPS) is 22.1. The van der Waals surface area contributed by atoms with E-state index in [1.165, 1.54) is 10.5 Å². The van der Waals surface area contributed by atoms with Crippen molar-refractivity contribution in [1.29, 1.82) is 0 Å². The average Bonchev–Trinajstić information content (AvgIpc) is 3.11. The van der Waals surface area contributed by atoms with Crippen molar-refractivity contribution in [2.45, 2.75) is 32.0 Å². The van der Waals surface area contributed by atoms with Gasteiger partial charge < -0.3 is 15.2 Å². The summed E-state index contributed by atoms with van der Waals surface area (Å²) in [6, 6.07) is -0.637. The molecule has 1 fully saturated rings. The van der Waals surface area contributed by atoms with Crippen LogP contribution in [0.15, 0.2) is 6.20 Å². The van der Waals surface area contributed by atoms with E-state index >= 15 is 0 Å². The van der Waals surface area contributed by atoms with Crippen LogP contribution in [0, 0.1) is 0 Å². The molecule has 9 nitrogen and oxygen atoms in total. The van der Waals surface area contributed by atoms with Crippen molar-refractivity contribution in [1.82, 2.24) is 18.8 Å². The number of hydrogen-bond donors (Lipinski definition) is 1. The lowest BCUT2D eigenvalue weighted by atomic mass is 10.2. The van der Waals surface area contributed by atoms with Gasteiger partial charge in [-0.05, 0) is 12.8 Å². The second kappa shape index (κ2) is 5.60. The summed E-state index contributed by atoms with van der Waals surface area (Å²) >= 11 is 0. The molecule has 2 aliphatic heterocycles. The van der Waals surface area contributed by atoms with Crippen molar-refractivity contribution in [3.8, 4) is 0 Å². The molecule has 3 rings (SSSR count). The molecule has 1 atom stereocenters. The number of imidazole rings is 1. The third-order valence-corrected chi connectivity index (χ3v) is 5.63. The first-order valence-corrected chi connectivity index (χ1v) is 9.23. The fraction of sp³-hybridized carbons (Fsp3) is 0.615. The van der Waals surface area contributed by atoms with Crippen molar-refractivity contribution in [2.75, 3.05) is 19.3 Å². The van der Waals surface area contributed by atoms with E-state index in [0.29, 0.717) is 44.0 Å². The van der Waals surface area contributed by atoms with Gasteiger partial charge >= 0.3 is 0 Å². The highest BCUT2D eigenvalue weighted by Crippen LogP contribution is 2.24. The Morgan fingerprint density at radius 3 is 2.70 bits per heavy atom. The summed E-state index contributed by atoms with van der Waals surface area (Å²) in [6.45, 7) is 1.45. The number of hydrogen-bond acceptors (Lipinski definition) is 5. The number of primary amides is 1. The Morgan fingerprint density at radius 1 is 1.30 bits per heavy atom. The summed E-state index contributed by atoms with van der Waals surface area (Å²) in [5.74, 6) is -0.173. The lowest BCUT2D eigenvalue weighted by Gasteiger charge is -2.32. The van der Waals surface area contributed by atoms with Gasteiger partial charge in [0.05, 0.1) is 19.0 Å². The Kier molecular flexibility index (Phi) is 3.88. The molecule has 0 aromatic carbocycles. The minimum Gasteiger partial charge on any atom is -0.364 e. The van der Waals surface area contributed by atoms with Gasteiger partial charge in [0, 0.05) is 19.6 Å². The van der Waals surface area contributed by atoms with Crippen molar-refractivity contribution < 1.29 is 18.0 Å². The second-order valence-corrected chi connectivity index (χ2v) is 7.80. The molecule has 0 radical (unpaired) electrons. The van der Waals surface area contributed by atoms with Gasteiger partial charge in [-0.3, -0.25) is 9.59 Å². The maximum atomic E-state index is 12.7. The van der Waals surface area contributed by atoms with Crippen molar-refractivity contribution in [3.63, 3.8) is 0 Å². The molecular formula is C13H19N5O4S. The van der Waals surface area contributed by atoms with Crippen LogP contribution in [0.3, 0.4) is 0 Å². The fourth-order valence-corrected chi connectivity index (χ4v) is 4.36. The van der Waals surface area contributed by atoms with Crippen LogP contribution in [0.1, 0.15) is 29.2 Å². The maximum absolute atomic E-state index is 12.7. The molecule has 0 saturated carbocycles. The molecule has 3 heterocycles. The molecule has 1 saturated heterocycles. The summed E-state index contributed by atoms with van der Waals surface area (Å²) < 4.78 is 26.6. The van der Waals surface area contributed by atoms with Gasteiger partial charge in [-0.1, -0.05) is 0 Å². The third-order valence-electron chi connectivity index (χ3n) is 4.34. The van der Waals surface area contributed by atoms with Gasteiger partial charge in [0.25, 0.3) is 5.91 Å². The topological polar surface area (TPSA) is 119 Å². The number of aromatic nitrogens is 2. The number of fused-ring (bicyclic) bond motifs is 1. The average molecular weight is 341 g/mol. The quantitative estimate of drug-likeness (QED) is 0.737. The molecule has 0 bridgehead atoms. The second-order valence-electron chi connectivity index (χ2n) is 5.87. The van der Waals surface area contributed by atoms with E-state index in [4.69, 9.17) is 5.73 Å². The number of carbonyl (C=O) groups excluding carboxylic acids is 2. The van der Waals surface area contributed by atoms with E-state index in [-0.39, 0.29) is 12.5 Å². The standard InChI is InChI=1S/C13H19N5O4S/c1-23(21,22)18-4-2-3-9(18)13(20)16-5-6-17-10(12(14)19)7-15-11(17)8-16/h7,9H,2-6,8H2,1H3,(H2,14,19)/t9-/m1/s1. The molecule has 2 amide bonds. The zero-order valence-electron chi connectivity index (χ0n) is 12.8. The van der Waals surface area contributed by atoms with Crippen LogP contribution < -0.4 is 5.73 Å². The number of sulfonamides is 1. The smallest absolute Gasteiger partial charge is 0.266 e. The van der Waals surface area contributed by atoms with E-state index in [0.717, 1.165) is 6.26 Å². The Labute approximate surface area is 134 Å². The SMILES string of the molecule is CS(=O)(=O)N1CCC[C@@H]1C(=O)N1CCn2c(C(N)=O)cnc2C1. The van der Waals surface area contributed by atoms with E-state index in [9.17, 15) is 18.0 Å². The highest BCUT2D eigenvalue weighted by Gasteiger charge is 2.39. The predicted molar refractivity (Wildman–Crippen MR) is 80.7 cm³/mol. The van der Waals surface area contributed by atoms with Crippen LogP contribution in [-0.4, -0.2) is 64.4 Å². The molecule has 0 aliphatic carbocycles. The number of carbonyl (C=O) groups is 2. The first-order chi connectivity index (χ1) is 10.8. The van der Waals surface area contributed by atoms with E-state index < -0.39 is 22.0 Å². The Balaban J connectivity index is 1.78. The van der Waals surface area contributed by atoms with Crippen LogP contribution in [-0.2, 0) is 27.9 Å². The molecule has 23 heavy (non-hydrogen) atoms. The van der Waals surface area contributed by atoms with Gasteiger partial charge in [0.1, 0.15) is 17.6 Å². The van der Waals surface area contributed by atoms with Crippen molar-refractivity contribution in [3.05, 3.63) is 17.7 Å². The summed E-state index contributed by atoms with van der Waals surface area (Å²) in [4.78, 5) is 29.8. The maximum Gasteiger partial charge on any atom is 0.266 e. The van der Waals surface area contributed by atoms with Crippen molar-refractivity contribution >= 4 is 21.8 Å². The minimum atomic E-state index is -3.40. The lowest BCUT2D eigenvalue weighted by molar-refractivity contribution is -0.136. The van der Waals surface area contributed by atoms with Gasteiger partial charge in [0.15, 0.2) is 0 Å². The number of nitrogens with two attached hydrogens (primary N) is 1. The minimum absolute atomic E-state index is 0.206. The number of nitrogens with zero attached hydrogens (tertiary/aromatic N) is 4. The van der Waals surface area contributed by atoms with Crippen LogP contribution in [0.4, 0.5) is 0 Å². The monoisotopic (exact) mass is 341 g/mol. The lowest BCUT2D eigenvalue weighted by Crippen LogP contribution is -2.49. The Bertz CT molecular complexity index is 756. The van der Waals surface area contributed by atoms with Crippen LogP contribution in [0.25, 0.3) is 0 Å². The zero-order valence-corrected chi connectivity index (χ0v) is 13.6. The molecule has 10 heteroatoms. The molecule has 0 spiro atoms. The van der Waals surface area contributed by atoms with Gasteiger partial charge in [0.2, 0.25) is 15.9 Å². The summed E-state index contributed by atoms with van der Waals surface area (Å²) in [5, 5.41) is 0. The molecule has 1 aromatic heterocycles. The van der Waals surface area contributed by atoms with Crippen LogP contribution in [0.5, 0.6) is 0 Å². The van der Waals surface area contributed by atoms with Gasteiger partial charge in [-0.25, -0.2) is 13.4 Å². The van der Waals surface area contributed by atoms with Gasteiger partial charge in [-0.2, -0.15) is 4.31 Å². The number of amides is 2. The first-order valence-electron chi connectivity index (χ1n) is 7.39. The first kappa shape index (κ1) is 15.9. The molecule has 126 valence electrons. The van der Waals surface area contributed by atoms with Crippen LogP contribution >= 0.6 is 0 Å². The molecule has 1 aromatic rings. The van der Waals surface area contributed by atoms with Gasteiger partial charge in [-0.15, -0.1) is 0 Å². The van der Waals surface area contributed by atoms with Crippen molar-refractivity contribution in [2.24, 2.45) is 5.73 Å². The molecule has 0 unspecified atom stereocenters. The highest BCUT2D eigenvalue weighted by atomic mass is 32.2. The predicted octanol–water partition coefficient (Wildman–Crippen LogP) is -1.25. The molecule has 2 N–H and O–H groups in total. The zero-order chi connectivity index (χ0) is 16.8. The molecule has 2 aliphatic rings. The van der Waals surface area contributed by atoms with E-state index in [1.807, 2.05) is 0 Å². The third kappa shape index (κ3) is 2.83. The Morgan fingerprint density at radius 2 is 2.04 bits per heavy atom. The van der Waals surface area contributed by atoms with E-state index in [2.05, 4.69) is 4.98 Å². The Hall–Kier alpha value is -1.94. The fourth-order valence-electron chi connectivity index (χ4n) is 3.24. The summed E-state index contributed by atoms with van der Waals surface area (Å²) in [5.41, 5.74) is 5.61. The highest BCUT2D eigenvalue weighted by molar-refractivity contribution is 7.88.